The number of rotatable bonds is 5. The fraction of sp³-hybridized carbons (Fsp3) is 0.357. The fourth-order valence-electron chi connectivity index (χ4n) is 1.40. The van der Waals surface area contributed by atoms with Crippen molar-refractivity contribution < 1.29 is 17.9 Å². The molecule has 1 N–H and O–H groups in total. The molecule has 5 nitrogen and oxygen atoms in total. The van der Waals surface area contributed by atoms with Gasteiger partial charge in [-0.15, -0.1) is 0 Å². The first-order valence-electron chi connectivity index (χ1n) is 6.08. The number of sulfonamides is 1. The standard InChI is InChI=1S/C14H19NO4S/c1-5-11-6-8-12(9-7-11)20(17,18)15-10-13(16)19-14(2,3)4/h5-9,15H,1,10H2,2-4H3. The Morgan fingerprint density at radius 3 is 2.30 bits per heavy atom. The van der Waals surface area contributed by atoms with E-state index in [-0.39, 0.29) is 4.90 Å². The van der Waals surface area contributed by atoms with Crippen LogP contribution in [0.25, 0.3) is 6.08 Å². The van der Waals surface area contributed by atoms with Crippen LogP contribution >= 0.6 is 0 Å². The van der Waals surface area contributed by atoms with Gasteiger partial charge in [0.15, 0.2) is 0 Å². The lowest BCUT2D eigenvalue weighted by Crippen LogP contribution is -2.34. The quantitative estimate of drug-likeness (QED) is 0.843. The molecular weight excluding hydrogens is 278 g/mol. The summed E-state index contributed by atoms with van der Waals surface area (Å²) in [5, 5.41) is 0. The molecule has 0 radical (unpaired) electrons. The Bertz CT molecular complexity index is 583. The third-order valence-corrected chi connectivity index (χ3v) is 3.67. The first-order chi connectivity index (χ1) is 9.14. The Morgan fingerprint density at radius 1 is 1.30 bits per heavy atom. The molecule has 1 aromatic carbocycles. The fourth-order valence-corrected chi connectivity index (χ4v) is 2.37. The summed E-state index contributed by atoms with van der Waals surface area (Å²) in [4.78, 5) is 11.6. The molecule has 0 aliphatic rings. The Labute approximate surface area is 119 Å². The molecule has 0 saturated heterocycles. The van der Waals surface area contributed by atoms with Crippen molar-refractivity contribution in [2.75, 3.05) is 6.54 Å². The Morgan fingerprint density at radius 2 is 1.85 bits per heavy atom. The summed E-state index contributed by atoms with van der Waals surface area (Å²) in [6.07, 6.45) is 1.62. The number of carbonyl (C=O) groups is 1. The lowest BCUT2D eigenvalue weighted by molar-refractivity contribution is -0.153. The third-order valence-electron chi connectivity index (χ3n) is 2.25. The van der Waals surface area contributed by atoms with E-state index in [9.17, 15) is 13.2 Å². The second-order valence-corrected chi connectivity index (χ2v) is 6.95. The average Bonchev–Trinajstić information content (AvgIpc) is 2.35. The number of esters is 1. The van der Waals surface area contributed by atoms with Crippen molar-refractivity contribution in [1.29, 1.82) is 0 Å². The van der Waals surface area contributed by atoms with Crippen LogP contribution in [0, 0.1) is 0 Å². The van der Waals surface area contributed by atoms with Crippen LogP contribution in [-0.4, -0.2) is 26.5 Å². The lowest BCUT2D eigenvalue weighted by atomic mass is 10.2. The summed E-state index contributed by atoms with van der Waals surface area (Å²) in [5.74, 6) is -0.621. The van der Waals surface area contributed by atoms with Gasteiger partial charge < -0.3 is 4.74 Å². The van der Waals surface area contributed by atoms with Gasteiger partial charge in [0.25, 0.3) is 0 Å². The summed E-state index contributed by atoms with van der Waals surface area (Å²) >= 11 is 0. The SMILES string of the molecule is C=Cc1ccc(S(=O)(=O)NCC(=O)OC(C)(C)C)cc1. The summed E-state index contributed by atoms with van der Waals surface area (Å²) in [6.45, 7) is 8.34. The number of ether oxygens (including phenoxy) is 1. The van der Waals surface area contributed by atoms with Crippen LogP contribution in [0.15, 0.2) is 35.7 Å². The molecule has 0 unspecified atom stereocenters. The maximum absolute atomic E-state index is 12.0. The van der Waals surface area contributed by atoms with Crippen LogP contribution in [0.5, 0.6) is 0 Å². The molecule has 0 fully saturated rings. The van der Waals surface area contributed by atoms with Crippen molar-refractivity contribution >= 4 is 22.1 Å². The van der Waals surface area contributed by atoms with E-state index in [0.717, 1.165) is 5.56 Å². The van der Waals surface area contributed by atoms with Gasteiger partial charge in [-0.1, -0.05) is 24.8 Å². The third kappa shape index (κ3) is 5.14. The smallest absolute Gasteiger partial charge is 0.321 e. The normalized spacial score (nSPS) is 11.9. The van der Waals surface area contributed by atoms with Gasteiger partial charge in [-0.3, -0.25) is 4.79 Å². The number of nitrogens with one attached hydrogen (secondary N) is 1. The molecule has 0 atom stereocenters. The topological polar surface area (TPSA) is 72.5 Å². The zero-order chi connectivity index (χ0) is 15.4. The van der Waals surface area contributed by atoms with Crippen molar-refractivity contribution in [2.24, 2.45) is 0 Å². The summed E-state index contributed by atoms with van der Waals surface area (Å²) in [5.41, 5.74) is 0.171. The minimum absolute atomic E-state index is 0.0895. The highest BCUT2D eigenvalue weighted by Gasteiger charge is 2.19. The highest BCUT2D eigenvalue weighted by atomic mass is 32.2. The van der Waals surface area contributed by atoms with E-state index in [0.29, 0.717) is 0 Å². The molecule has 0 bridgehead atoms. The van der Waals surface area contributed by atoms with Crippen LogP contribution in [0.1, 0.15) is 26.3 Å². The maximum Gasteiger partial charge on any atom is 0.321 e. The Hall–Kier alpha value is -1.66. The molecule has 110 valence electrons. The molecule has 0 heterocycles. The number of hydrogen-bond acceptors (Lipinski definition) is 4. The number of hydrogen-bond donors (Lipinski definition) is 1. The summed E-state index contributed by atoms with van der Waals surface area (Å²) < 4.78 is 31.1. The van der Waals surface area contributed by atoms with Gasteiger partial charge in [0.05, 0.1) is 4.90 Å². The van der Waals surface area contributed by atoms with Crippen LogP contribution in [0.3, 0.4) is 0 Å². The van der Waals surface area contributed by atoms with Crippen LogP contribution in [0.2, 0.25) is 0 Å². The Balaban J connectivity index is 2.70. The second-order valence-electron chi connectivity index (χ2n) is 5.18. The van der Waals surface area contributed by atoms with Gasteiger partial charge >= 0.3 is 5.97 Å². The van der Waals surface area contributed by atoms with Crippen molar-refractivity contribution in [1.82, 2.24) is 4.72 Å². The zero-order valence-corrected chi connectivity index (χ0v) is 12.7. The van der Waals surface area contributed by atoms with Crippen molar-refractivity contribution in [2.45, 2.75) is 31.3 Å². The molecule has 0 saturated carbocycles. The minimum Gasteiger partial charge on any atom is -0.459 e. The minimum atomic E-state index is -3.72. The van der Waals surface area contributed by atoms with Gasteiger partial charge in [0.2, 0.25) is 10.0 Å². The maximum atomic E-state index is 12.0. The van der Waals surface area contributed by atoms with E-state index in [1.54, 1.807) is 39.0 Å². The number of benzene rings is 1. The molecule has 1 rings (SSSR count). The van der Waals surface area contributed by atoms with E-state index in [1.807, 2.05) is 0 Å². The van der Waals surface area contributed by atoms with E-state index >= 15 is 0 Å². The molecule has 0 amide bonds. The molecule has 0 spiro atoms. The van der Waals surface area contributed by atoms with Gasteiger partial charge in [-0.2, -0.15) is 4.72 Å². The largest absolute Gasteiger partial charge is 0.459 e. The van der Waals surface area contributed by atoms with Crippen molar-refractivity contribution in [3.05, 3.63) is 36.4 Å². The summed E-state index contributed by atoms with van der Waals surface area (Å²) in [6, 6.07) is 6.17. The van der Waals surface area contributed by atoms with Crippen molar-refractivity contribution in [3.63, 3.8) is 0 Å². The highest BCUT2D eigenvalue weighted by Crippen LogP contribution is 2.11. The van der Waals surface area contributed by atoms with E-state index in [1.165, 1.54) is 12.1 Å². The first kappa shape index (κ1) is 16.4. The predicted octanol–water partition coefficient (Wildman–Crippen LogP) is 1.95. The average molecular weight is 297 g/mol. The molecule has 6 heteroatoms. The van der Waals surface area contributed by atoms with Crippen LogP contribution < -0.4 is 4.72 Å². The predicted molar refractivity (Wildman–Crippen MR) is 77.6 cm³/mol. The van der Waals surface area contributed by atoms with Gasteiger partial charge in [-0.05, 0) is 38.5 Å². The van der Waals surface area contributed by atoms with Gasteiger partial charge in [-0.25, -0.2) is 8.42 Å². The molecule has 1 aromatic rings. The highest BCUT2D eigenvalue weighted by molar-refractivity contribution is 7.89. The first-order valence-corrected chi connectivity index (χ1v) is 7.56. The number of carbonyl (C=O) groups excluding carboxylic acids is 1. The van der Waals surface area contributed by atoms with Gasteiger partial charge in [0.1, 0.15) is 12.1 Å². The van der Waals surface area contributed by atoms with E-state index in [4.69, 9.17) is 4.74 Å². The molecule has 20 heavy (non-hydrogen) atoms. The lowest BCUT2D eigenvalue weighted by Gasteiger charge is -2.19. The van der Waals surface area contributed by atoms with Crippen molar-refractivity contribution in [3.8, 4) is 0 Å². The molecule has 0 aromatic heterocycles. The zero-order valence-electron chi connectivity index (χ0n) is 11.8. The molecular formula is C14H19NO4S. The molecule has 0 aliphatic heterocycles. The van der Waals surface area contributed by atoms with Gasteiger partial charge in [0, 0.05) is 0 Å². The van der Waals surface area contributed by atoms with Crippen LogP contribution in [-0.2, 0) is 19.6 Å². The van der Waals surface area contributed by atoms with E-state index < -0.39 is 28.1 Å². The Kier molecular flexibility index (Phi) is 5.08. The molecule has 0 aliphatic carbocycles. The van der Waals surface area contributed by atoms with Crippen LogP contribution in [0.4, 0.5) is 0 Å². The van der Waals surface area contributed by atoms with E-state index in [2.05, 4.69) is 11.3 Å². The monoisotopic (exact) mass is 297 g/mol. The summed E-state index contributed by atoms with van der Waals surface area (Å²) in [7, 11) is -3.72. The second kappa shape index (κ2) is 6.19.